The third kappa shape index (κ3) is 3.95. The molecule has 12 heteroatoms. The predicted molar refractivity (Wildman–Crippen MR) is 91.0 cm³/mol. The molecule has 28 heavy (non-hydrogen) atoms. The minimum atomic E-state index is -4.77. The second kappa shape index (κ2) is 7.42. The number of nitrogens with zero attached hydrogens (tertiary/aromatic N) is 5. The van der Waals surface area contributed by atoms with Gasteiger partial charge in [-0.1, -0.05) is 0 Å². The van der Waals surface area contributed by atoms with Gasteiger partial charge in [-0.15, -0.1) is 0 Å². The molecule has 144 valence electrons. The average molecular weight is 392 g/mol. The van der Waals surface area contributed by atoms with Crippen molar-refractivity contribution in [2.24, 2.45) is 0 Å². The van der Waals surface area contributed by atoms with Gasteiger partial charge in [-0.2, -0.15) is 13.2 Å². The van der Waals surface area contributed by atoms with Gasteiger partial charge in [0.2, 0.25) is 0 Å². The normalized spacial score (nSPS) is 11.1. The third-order valence-electron chi connectivity index (χ3n) is 3.53. The highest BCUT2D eigenvalue weighted by Crippen LogP contribution is 2.38. The highest BCUT2D eigenvalue weighted by molar-refractivity contribution is 5.70. The van der Waals surface area contributed by atoms with Gasteiger partial charge in [-0.05, 0) is 6.07 Å². The Kier molecular flexibility index (Phi) is 5.02. The van der Waals surface area contributed by atoms with E-state index < -0.39 is 22.5 Å². The van der Waals surface area contributed by atoms with Crippen LogP contribution in [0.25, 0.3) is 11.5 Å². The van der Waals surface area contributed by atoms with Crippen LogP contribution in [0.2, 0.25) is 0 Å². The van der Waals surface area contributed by atoms with Crippen LogP contribution in [0.5, 0.6) is 5.75 Å². The molecular formula is C16H11F3N6O3. The van der Waals surface area contributed by atoms with Crippen LogP contribution in [0.1, 0.15) is 5.56 Å². The topological polar surface area (TPSA) is 116 Å². The largest absolute Gasteiger partial charge is 0.495 e. The first kappa shape index (κ1) is 18.9. The fourth-order valence-electron chi connectivity index (χ4n) is 2.26. The van der Waals surface area contributed by atoms with E-state index in [0.717, 1.165) is 6.07 Å². The molecule has 3 rings (SSSR count). The Morgan fingerprint density at radius 3 is 2.57 bits per heavy atom. The number of non-ortho nitro benzene ring substituents is 1. The van der Waals surface area contributed by atoms with E-state index in [-0.39, 0.29) is 28.6 Å². The Labute approximate surface area is 155 Å². The summed E-state index contributed by atoms with van der Waals surface area (Å²) in [4.78, 5) is 25.7. The first-order valence-corrected chi connectivity index (χ1v) is 7.59. The third-order valence-corrected chi connectivity index (χ3v) is 3.53. The molecule has 0 saturated carbocycles. The van der Waals surface area contributed by atoms with Gasteiger partial charge in [0.05, 0.1) is 23.9 Å². The lowest BCUT2D eigenvalue weighted by atomic mass is 10.2. The fraction of sp³-hybridized carbons (Fsp3) is 0.125. The van der Waals surface area contributed by atoms with E-state index in [1.165, 1.54) is 37.8 Å². The van der Waals surface area contributed by atoms with Gasteiger partial charge < -0.3 is 10.1 Å². The number of methoxy groups -OCH3 is 1. The van der Waals surface area contributed by atoms with Crippen LogP contribution in [0.4, 0.5) is 30.4 Å². The SMILES string of the molecule is COc1ccc([N+](=O)[O-])cc1Nc1nc(-c2cnccn2)ncc1C(F)(F)F. The van der Waals surface area contributed by atoms with Gasteiger partial charge in [0, 0.05) is 30.7 Å². The molecular weight excluding hydrogens is 381 g/mol. The number of aromatic nitrogens is 4. The van der Waals surface area contributed by atoms with Crippen LogP contribution < -0.4 is 10.1 Å². The number of rotatable bonds is 5. The number of nitrogens with one attached hydrogen (secondary N) is 1. The van der Waals surface area contributed by atoms with Crippen molar-refractivity contribution in [1.29, 1.82) is 0 Å². The summed E-state index contributed by atoms with van der Waals surface area (Å²) in [5.74, 6) is -0.617. The fourth-order valence-corrected chi connectivity index (χ4v) is 2.26. The van der Waals surface area contributed by atoms with E-state index in [1.54, 1.807) is 0 Å². The van der Waals surface area contributed by atoms with Crippen molar-refractivity contribution in [3.8, 4) is 17.3 Å². The molecule has 0 saturated heterocycles. The molecule has 0 amide bonds. The lowest BCUT2D eigenvalue weighted by molar-refractivity contribution is -0.384. The maximum absolute atomic E-state index is 13.4. The zero-order valence-electron chi connectivity index (χ0n) is 14.1. The molecule has 0 spiro atoms. The summed E-state index contributed by atoms with van der Waals surface area (Å²) in [5, 5.41) is 13.4. The first-order valence-electron chi connectivity index (χ1n) is 7.59. The lowest BCUT2D eigenvalue weighted by Gasteiger charge is -2.15. The first-order chi connectivity index (χ1) is 13.3. The molecule has 3 aromatic rings. The van der Waals surface area contributed by atoms with Crippen LogP contribution in [-0.4, -0.2) is 32.0 Å². The molecule has 0 aliphatic rings. The van der Waals surface area contributed by atoms with Crippen molar-refractivity contribution >= 4 is 17.2 Å². The van der Waals surface area contributed by atoms with Gasteiger partial charge in [0.15, 0.2) is 5.82 Å². The minimum absolute atomic E-state index is 0.0639. The Morgan fingerprint density at radius 1 is 1.18 bits per heavy atom. The zero-order valence-corrected chi connectivity index (χ0v) is 14.1. The molecule has 2 aromatic heterocycles. The second-order valence-electron chi connectivity index (χ2n) is 5.31. The van der Waals surface area contributed by atoms with Crippen LogP contribution in [0.15, 0.2) is 43.0 Å². The van der Waals surface area contributed by atoms with Gasteiger partial charge >= 0.3 is 6.18 Å². The maximum Gasteiger partial charge on any atom is 0.421 e. The van der Waals surface area contributed by atoms with E-state index in [9.17, 15) is 23.3 Å². The Balaban J connectivity index is 2.12. The van der Waals surface area contributed by atoms with Crippen LogP contribution in [0, 0.1) is 10.1 Å². The number of alkyl halides is 3. The lowest BCUT2D eigenvalue weighted by Crippen LogP contribution is -2.12. The number of hydrogen-bond acceptors (Lipinski definition) is 8. The minimum Gasteiger partial charge on any atom is -0.495 e. The molecule has 0 fully saturated rings. The van der Waals surface area contributed by atoms with Crippen LogP contribution >= 0.6 is 0 Å². The van der Waals surface area contributed by atoms with E-state index in [4.69, 9.17) is 4.74 Å². The van der Waals surface area contributed by atoms with Crippen molar-refractivity contribution in [2.45, 2.75) is 6.18 Å². The maximum atomic E-state index is 13.4. The van der Waals surface area contributed by atoms with E-state index in [2.05, 4.69) is 25.3 Å². The van der Waals surface area contributed by atoms with Crippen LogP contribution in [-0.2, 0) is 6.18 Å². The highest BCUT2D eigenvalue weighted by Gasteiger charge is 2.35. The number of nitro groups is 1. The average Bonchev–Trinajstić information content (AvgIpc) is 2.67. The molecule has 0 aliphatic heterocycles. The number of halogens is 3. The molecule has 0 unspecified atom stereocenters. The van der Waals surface area contributed by atoms with Crippen molar-refractivity contribution in [3.05, 3.63) is 58.7 Å². The summed E-state index contributed by atoms with van der Waals surface area (Å²) < 4.78 is 45.2. The molecule has 0 aliphatic carbocycles. The summed E-state index contributed by atoms with van der Waals surface area (Å²) in [6, 6.07) is 3.47. The summed E-state index contributed by atoms with van der Waals surface area (Å²) in [7, 11) is 1.28. The van der Waals surface area contributed by atoms with Crippen LogP contribution in [0.3, 0.4) is 0 Å². The molecule has 2 heterocycles. The van der Waals surface area contributed by atoms with E-state index in [0.29, 0.717) is 6.20 Å². The number of benzene rings is 1. The van der Waals surface area contributed by atoms with Crippen molar-refractivity contribution in [3.63, 3.8) is 0 Å². The number of hydrogen-bond donors (Lipinski definition) is 1. The summed E-state index contributed by atoms with van der Waals surface area (Å²) in [6.45, 7) is 0. The number of anilines is 2. The number of nitro benzene ring substituents is 1. The quantitative estimate of drug-likeness (QED) is 0.517. The van der Waals surface area contributed by atoms with Gasteiger partial charge in [-0.25, -0.2) is 15.0 Å². The van der Waals surface area contributed by atoms with Crippen molar-refractivity contribution in [2.75, 3.05) is 12.4 Å². The van der Waals surface area contributed by atoms with E-state index in [1.807, 2.05) is 0 Å². The Hall–Kier alpha value is -3.83. The standard InChI is InChI=1S/C16H11F3N6O3/c1-28-13-3-2-9(25(26)27)6-11(13)23-14-10(16(17,18)19)7-22-15(24-14)12-8-20-4-5-21-12/h2-8H,1H3,(H,22,23,24). The smallest absolute Gasteiger partial charge is 0.421 e. The van der Waals surface area contributed by atoms with Crippen molar-refractivity contribution in [1.82, 2.24) is 19.9 Å². The van der Waals surface area contributed by atoms with Crippen molar-refractivity contribution < 1.29 is 22.8 Å². The second-order valence-corrected chi connectivity index (χ2v) is 5.31. The Bertz CT molecular complexity index is 1010. The predicted octanol–water partition coefficient (Wildman–Crippen LogP) is 3.61. The molecule has 0 atom stereocenters. The van der Waals surface area contributed by atoms with E-state index >= 15 is 0 Å². The highest BCUT2D eigenvalue weighted by atomic mass is 19.4. The molecule has 1 aromatic carbocycles. The Morgan fingerprint density at radius 2 is 1.96 bits per heavy atom. The zero-order chi connectivity index (χ0) is 20.3. The summed E-state index contributed by atoms with van der Waals surface area (Å²) in [5.41, 5.74) is -1.40. The monoisotopic (exact) mass is 392 g/mol. The van der Waals surface area contributed by atoms with Gasteiger partial charge in [0.25, 0.3) is 5.69 Å². The molecule has 0 radical (unpaired) electrons. The number of ether oxygens (including phenoxy) is 1. The summed E-state index contributed by atoms with van der Waals surface area (Å²) in [6.07, 6.45) is -0.144. The molecule has 1 N–H and O–H groups in total. The molecule has 9 nitrogen and oxygen atoms in total. The van der Waals surface area contributed by atoms with Gasteiger partial charge in [0.1, 0.15) is 22.8 Å². The molecule has 0 bridgehead atoms. The van der Waals surface area contributed by atoms with Gasteiger partial charge in [-0.3, -0.25) is 15.1 Å². The summed E-state index contributed by atoms with van der Waals surface area (Å²) >= 11 is 0.